The van der Waals surface area contributed by atoms with Crippen LogP contribution in [-0.2, 0) is 29.4 Å². The van der Waals surface area contributed by atoms with Crippen LogP contribution in [0.1, 0.15) is 22.9 Å². The highest BCUT2D eigenvalue weighted by molar-refractivity contribution is 7.91. The molecule has 0 saturated heterocycles. The number of carbonyl (C=O) groups excluding carboxylic acids is 1. The third-order valence-corrected chi connectivity index (χ3v) is 7.28. The maximum Gasteiger partial charge on any atom is 0.315 e. The number of amides is 2. The Bertz CT molecular complexity index is 865. The largest absolute Gasteiger partial charge is 0.333 e. The van der Waals surface area contributed by atoms with Crippen LogP contribution in [0.5, 0.6) is 0 Å². The summed E-state index contributed by atoms with van der Waals surface area (Å²) in [6, 6.07) is 11.2. The first kappa shape index (κ1) is 17.9. The fourth-order valence-electron chi connectivity index (χ4n) is 3.08. The average Bonchev–Trinajstić information content (AvgIpc) is 3.16. The molecule has 25 heavy (non-hydrogen) atoms. The average molecular weight is 380 g/mol. The second kappa shape index (κ2) is 6.78. The van der Waals surface area contributed by atoms with E-state index in [0.29, 0.717) is 6.54 Å². The van der Waals surface area contributed by atoms with E-state index >= 15 is 0 Å². The summed E-state index contributed by atoms with van der Waals surface area (Å²) < 4.78 is 26.0. The van der Waals surface area contributed by atoms with E-state index in [1.165, 1.54) is 18.2 Å². The van der Waals surface area contributed by atoms with Gasteiger partial charge in [-0.1, -0.05) is 24.3 Å². The van der Waals surface area contributed by atoms with E-state index in [2.05, 4.69) is 27.5 Å². The van der Waals surface area contributed by atoms with Gasteiger partial charge in [-0.05, 0) is 50.1 Å². The minimum Gasteiger partial charge on any atom is -0.333 e. The maximum atomic E-state index is 12.2. The molecule has 1 heterocycles. The van der Waals surface area contributed by atoms with Gasteiger partial charge in [-0.25, -0.2) is 17.9 Å². The van der Waals surface area contributed by atoms with Crippen LogP contribution in [-0.4, -0.2) is 27.0 Å². The van der Waals surface area contributed by atoms with Gasteiger partial charge in [-0.3, -0.25) is 0 Å². The molecule has 1 aromatic heterocycles. The van der Waals surface area contributed by atoms with Gasteiger partial charge in [0.2, 0.25) is 10.0 Å². The van der Waals surface area contributed by atoms with Crippen molar-refractivity contribution in [3.63, 3.8) is 0 Å². The molecule has 3 rings (SSSR count). The molecule has 8 heteroatoms. The monoisotopic (exact) mass is 379 g/mol. The number of nitrogens with one attached hydrogen (secondary N) is 3. The topological polar surface area (TPSA) is 87.3 Å². The molecule has 1 aliphatic carbocycles. The molecule has 0 spiro atoms. The highest BCUT2D eigenvalue weighted by atomic mass is 32.2. The van der Waals surface area contributed by atoms with Crippen LogP contribution in [0.25, 0.3) is 0 Å². The lowest BCUT2D eigenvalue weighted by atomic mass is 9.99. The van der Waals surface area contributed by atoms with Crippen LogP contribution in [0.15, 0.2) is 40.6 Å². The molecular formula is C17H21N3O3S2. The molecule has 6 nitrogen and oxygen atoms in total. The maximum absolute atomic E-state index is 12.2. The van der Waals surface area contributed by atoms with Gasteiger partial charge in [0.05, 0.1) is 6.54 Å². The number of urea groups is 1. The lowest BCUT2D eigenvalue weighted by Crippen LogP contribution is -2.50. The number of hydrogen-bond acceptors (Lipinski definition) is 4. The molecule has 3 N–H and O–H groups in total. The van der Waals surface area contributed by atoms with Crippen LogP contribution in [0.2, 0.25) is 0 Å². The summed E-state index contributed by atoms with van der Waals surface area (Å²) in [4.78, 5) is 13.0. The predicted molar refractivity (Wildman–Crippen MR) is 98.2 cm³/mol. The van der Waals surface area contributed by atoms with Crippen LogP contribution in [0.3, 0.4) is 0 Å². The zero-order valence-electron chi connectivity index (χ0n) is 14.1. The summed E-state index contributed by atoms with van der Waals surface area (Å²) in [6.45, 7) is 2.33. The van der Waals surface area contributed by atoms with E-state index in [1.54, 1.807) is 12.1 Å². The Morgan fingerprint density at radius 2 is 1.80 bits per heavy atom. The van der Waals surface area contributed by atoms with Crippen LogP contribution < -0.4 is 15.4 Å². The van der Waals surface area contributed by atoms with E-state index in [9.17, 15) is 13.2 Å². The Morgan fingerprint density at radius 1 is 1.16 bits per heavy atom. The smallest absolute Gasteiger partial charge is 0.315 e. The minimum atomic E-state index is -3.43. The summed E-state index contributed by atoms with van der Waals surface area (Å²) in [5, 5.41) is 5.85. The van der Waals surface area contributed by atoms with Crippen molar-refractivity contribution < 1.29 is 13.2 Å². The highest BCUT2D eigenvalue weighted by Gasteiger charge is 2.33. The normalized spacial score (nSPS) is 15.6. The van der Waals surface area contributed by atoms with E-state index in [-0.39, 0.29) is 15.8 Å². The predicted octanol–water partition coefficient (Wildman–Crippen LogP) is 2.01. The van der Waals surface area contributed by atoms with Gasteiger partial charge in [-0.15, -0.1) is 11.3 Å². The van der Waals surface area contributed by atoms with Crippen molar-refractivity contribution in [3.8, 4) is 0 Å². The molecule has 0 saturated carbocycles. The fourth-order valence-corrected chi connectivity index (χ4v) is 5.21. The summed E-state index contributed by atoms with van der Waals surface area (Å²) in [5.74, 6) is 0. The standard InChI is InChI=1S/C17H21N3O3S2/c1-17(9-12-5-3-4-6-13(12)10-17)20-16(21)19-11-14-7-8-15(24-14)25(22,23)18-2/h3-8,18H,9-11H2,1-2H3,(H2,19,20,21). The van der Waals surface area contributed by atoms with Crippen molar-refractivity contribution in [2.24, 2.45) is 0 Å². The summed E-state index contributed by atoms with van der Waals surface area (Å²) in [6.07, 6.45) is 1.61. The molecule has 134 valence electrons. The molecule has 0 radical (unpaired) electrons. The third-order valence-electron chi connectivity index (χ3n) is 4.29. The van der Waals surface area contributed by atoms with Crippen molar-refractivity contribution in [3.05, 3.63) is 52.4 Å². The second-order valence-electron chi connectivity index (χ2n) is 6.42. The number of carbonyl (C=O) groups is 1. The van der Waals surface area contributed by atoms with E-state index in [0.717, 1.165) is 29.1 Å². The van der Waals surface area contributed by atoms with Crippen molar-refractivity contribution in [1.29, 1.82) is 0 Å². The number of benzene rings is 1. The van der Waals surface area contributed by atoms with Gasteiger partial charge < -0.3 is 10.6 Å². The summed E-state index contributed by atoms with van der Waals surface area (Å²) in [5.41, 5.74) is 2.24. The van der Waals surface area contributed by atoms with Crippen LogP contribution in [0.4, 0.5) is 4.79 Å². The SMILES string of the molecule is CNS(=O)(=O)c1ccc(CNC(=O)NC2(C)Cc3ccccc3C2)s1. The molecule has 0 unspecified atom stereocenters. The Morgan fingerprint density at radius 3 is 2.40 bits per heavy atom. The number of hydrogen-bond donors (Lipinski definition) is 3. The van der Waals surface area contributed by atoms with Gasteiger partial charge in [0, 0.05) is 10.4 Å². The second-order valence-corrected chi connectivity index (χ2v) is 9.70. The summed E-state index contributed by atoms with van der Waals surface area (Å²) >= 11 is 1.15. The van der Waals surface area contributed by atoms with Crippen molar-refractivity contribution in [2.45, 2.75) is 36.1 Å². The molecular weight excluding hydrogens is 358 g/mol. The first-order chi connectivity index (χ1) is 11.8. The molecule has 0 aliphatic heterocycles. The number of sulfonamides is 1. The molecule has 0 fully saturated rings. The van der Waals surface area contributed by atoms with Gasteiger partial charge in [0.1, 0.15) is 4.21 Å². The number of thiophene rings is 1. The number of rotatable bonds is 5. The van der Waals surface area contributed by atoms with E-state index in [1.807, 2.05) is 19.1 Å². The Hall–Kier alpha value is -1.90. The highest BCUT2D eigenvalue weighted by Crippen LogP contribution is 2.29. The number of fused-ring (bicyclic) bond motifs is 1. The first-order valence-electron chi connectivity index (χ1n) is 7.96. The Balaban J connectivity index is 1.56. The first-order valence-corrected chi connectivity index (χ1v) is 10.3. The quantitative estimate of drug-likeness (QED) is 0.743. The molecule has 0 atom stereocenters. The minimum absolute atomic E-state index is 0.241. The lowest BCUT2D eigenvalue weighted by Gasteiger charge is -2.25. The fraction of sp³-hybridized carbons (Fsp3) is 0.353. The van der Waals surface area contributed by atoms with Gasteiger partial charge in [-0.2, -0.15) is 0 Å². The third kappa shape index (κ3) is 4.02. The zero-order valence-corrected chi connectivity index (χ0v) is 15.8. The van der Waals surface area contributed by atoms with Crippen molar-refractivity contribution in [1.82, 2.24) is 15.4 Å². The van der Waals surface area contributed by atoms with Crippen LogP contribution >= 0.6 is 11.3 Å². The summed E-state index contributed by atoms with van der Waals surface area (Å²) in [7, 11) is -2.06. The zero-order chi connectivity index (χ0) is 18.1. The molecule has 2 aromatic rings. The lowest BCUT2D eigenvalue weighted by molar-refractivity contribution is 0.228. The van der Waals surface area contributed by atoms with Gasteiger partial charge in [0.15, 0.2) is 0 Å². The molecule has 1 aliphatic rings. The Labute approximate surface area is 151 Å². The Kier molecular flexibility index (Phi) is 4.86. The molecule has 2 amide bonds. The van der Waals surface area contributed by atoms with E-state index in [4.69, 9.17) is 0 Å². The van der Waals surface area contributed by atoms with Crippen molar-refractivity contribution >= 4 is 27.4 Å². The van der Waals surface area contributed by atoms with Gasteiger partial charge >= 0.3 is 6.03 Å². The van der Waals surface area contributed by atoms with Crippen molar-refractivity contribution in [2.75, 3.05) is 7.05 Å². The molecule has 0 bridgehead atoms. The molecule has 1 aromatic carbocycles. The van der Waals surface area contributed by atoms with Gasteiger partial charge in [0.25, 0.3) is 0 Å². The van der Waals surface area contributed by atoms with Crippen LogP contribution in [0, 0.1) is 0 Å². The van der Waals surface area contributed by atoms with E-state index < -0.39 is 10.0 Å².